The summed E-state index contributed by atoms with van der Waals surface area (Å²) in [6.45, 7) is 0.858. The highest BCUT2D eigenvalue weighted by atomic mass is 32.2. The average Bonchev–Trinajstić information content (AvgIpc) is 3.35. The number of carbonyl (C=O) groups is 1. The van der Waals surface area contributed by atoms with Gasteiger partial charge < -0.3 is 4.98 Å². The van der Waals surface area contributed by atoms with E-state index in [1.165, 1.54) is 40.7 Å². The number of nitrogens with zero attached hydrogens (tertiary/aromatic N) is 1. The minimum atomic E-state index is -4.60. The number of H-pyrrole nitrogens is 1. The number of carbonyl (C=O) groups excluding carboxylic acids is 1. The van der Waals surface area contributed by atoms with Crippen molar-refractivity contribution in [3.05, 3.63) is 53.6 Å². The second kappa shape index (κ2) is 7.00. The zero-order valence-corrected chi connectivity index (χ0v) is 16.0. The first-order valence-corrected chi connectivity index (χ1v) is 10.4. The molecule has 4 rings (SSSR count). The van der Waals surface area contributed by atoms with Gasteiger partial charge in [0, 0.05) is 35.1 Å². The third kappa shape index (κ3) is 3.34. The number of sulfonamides is 1. The van der Waals surface area contributed by atoms with Gasteiger partial charge in [-0.25, -0.2) is 8.42 Å². The Kier molecular flexibility index (Phi) is 4.74. The first-order chi connectivity index (χ1) is 13.7. The number of fused-ring (bicyclic) bond motifs is 1. The molecule has 3 aromatic rings. The molecule has 0 radical (unpaired) electrons. The molecule has 9 heteroatoms. The van der Waals surface area contributed by atoms with Crippen molar-refractivity contribution in [2.75, 3.05) is 13.1 Å². The van der Waals surface area contributed by atoms with Crippen LogP contribution in [0.2, 0.25) is 0 Å². The molecule has 1 aromatic heterocycles. The predicted molar refractivity (Wildman–Crippen MR) is 102 cm³/mol. The highest BCUT2D eigenvalue weighted by Crippen LogP contribution is 2.39. The number of benzene rings is 2. The molecular formula is C20H17F3N2O3S. The van der Waals surface area contributed by atoms with E-state index in [-0.39, 0.29) is 27.1 Å². The summed E-state index contributed by atoms with van der Waals surface area (Å²) in [6.07, 6.45) is -2.58. The topological polar surface area (TPSA) is 70.2 Å². The number of aromatic amines is 1. The van der Waals surface area contributed by atoms with Gasteiger partial charge in [0.1, 0.15) is 0 Å². The summed E-state index contributed by atoms with van der Waals surface area (Å²) in [5, 5.41) is 0.271. The SMILES string of the molecule is O=Cc1c(-c2ccccc2C(F)(F)F)[nH]c2ccc(S(=O)(=O)N3CCCC3)cc12. The second-order valence-corrected chi connectivity index (χ2v) is 8.83. The van der Waals surface area contributed by atoms with Gasteiger partial charge in [-0.1, -0.05) is 18.2 Å². The zero-order chi connectivity index (χ0) is 20.8. The largest absolute Gasteiger partial charge is 0.417 e. The number of hydrogen-bond acceptors (Lipinski definition) is 3. The van der Waals surface area contributed by atoms with Crippen molar-refractivity contribution in [1.29, 1.82) is 0 Å². The van der Waals surface area contributed by atoms with Crippen molar-refractivity contribution in [3.8, 4) is 11.3 Å². The van der Waals surface area contributed by atoms with Crippen LogP contribution >= 0.6 is 0 Å². The van der Waals surface area contributed by atoms with Crippen molar-refractivity contribution < 1.29 is 26.4 Å². The van der Waals surface area contributed by atoms with Gasteiger partial charge in [-0.05, 0) is 37.1 Å². The molecule has 5 nitrogen and oxygen atoms in total. The molecule has 2 aromatic carbocycles. The van der Waals surface area contributed by atoms with Crippen LogP contribution in [-0.4, -0.2) is 37.1 Å². The normalized spacial score (nSPS) is 15.8. The van der Waals surface area contributed by atoms with Crippen molar-refractivity contribution in [2.45, 2.75) is 23.9 Å². The highest BCUT2D eigenvalue weighted by molar-refractivity contribution is 7.89. The minimum absolute atomic E-state index is 0.00447. The fraction of sp³-hybridized carbons (Fsp3) is 0.250. The van der Waals surface area contributed by atoms with Gasteiger partial charge in [-0.3, -0.25) is 4.79 Å². The standard InChI is InChI=1S/C20H17F3N2O3S/c21-20(22,23)17-6-2-1-5-14(17)19-16(12-26)15-11-13(7-8-18(15)24-19)29(27,28)25-9-3-4-10-25/h1-2,5-8,11-12,24H,3-4,9-10H2. The minimum Gasteiger partial charge on any atom is -0.354 e. The van der Waals surface area contributed by atoms with Crippen LogP contribution in [0.1, 0.15) is 28.8 Å². The third-order valence-corrected chi connectivity index (χ3v) is 7.03. The maximum Gasteiger partial charge on any atom is 0.417 e. The molecule has 0 aliphatic carbocycles. The van der Waals surface area contributed by atoms with Gasteiger partial charge >= 0.3 is 6.18 Å². The van der Waals surface area contributed by atoms with E-state index in [0.29, 0.717) is 24.9 Å². The van der Waals surface area contributed by atoms with Crippen LogP contribution in [0.5, 0.6) is 0 Å². The fourth-order valence-electron chi connectivity index (χ4n) is 3.71. The Balaban J connectivity index is 1.90. The Morgan fingerprint density at radius 3 is 2.38 bits per heavy atom. The van der Waals surface area contributed by atoms with E-state index in [2.05, 4.69) is 4.98 Å². The molecule has 1 fully saturated rings. The quantitative estimate of drug-likeness (QED) is 0.632. The molecule has 0 atom stereocenters. The Bertz CT molecular complexity index is 1190. The van der Waals surface area contributed by atoms with Gasteiger partial charge in [0.15, 0.2) is 6.29 Å². The van der Waals surface area contributed by atoms with Gasteiger partial charge in [0.05, 0.1) is 16.2 Å². The van der Waals surface area contributed by atoms with Crippen LogP contribution in [0.15, 0.2) is 47.4 Å². The number of hydrogen-bond donors (Lipinski definition) is 1. The Hall–Kier alpha value is -2.65. The summed E-state index contributed by atoms with van der Waals surface area (Å²) < 4.78 is 67.3. The molecule has 1 aliphatic heterocycles. The van der Waals surface area contributed by atoms with Crippen molar-refractivity contribution >= 4 is 27.2 Å². The van der Waals surface area contributed by atoms with Crippen molar-refractivity contribution in [1.82, 2.24) is 9.29 Å². The van der Waals surface area contributed by atoms with Crippen LogP contribution < -0.4 is 0 Å². The Labute approximate surface area is 165 Å². The molecule has 0 bridgehead atoms. The fourth-order valence-corrected chi connectivity index (χ4v) is 5.26. The predicted octanol–water partition coefficient (Wildman–Crippen LogP) is 4.45. The summed E-state index contributed by atoms with van der Waals surface area (Å²) in [6, 6.07) is 9.18. The molecule has 1 aliphatic rings. The lowest BCUT2D eigenvalue weighted by Gasteiger charge is -2.15. The highest BCUT2D eigenvalue weighted by Gasteiger charge is 2.34. The van der Waals surface area contributed by atoms with E-state index in [0.717, 1.165) is 18.9 Å². The number of halogens is 3. The van der Waals surface area contributed by atoms with E-state index in [1.54, 1.807) is 0 Å². The summed E-state index contributed by atoms with van der Waals surface area (Å²) in [7, 11) is -3.72. The maximum absolute atomic E-state index is 13.4. The molecule has 152 valence electrons. The van der Waals surface area contributed by atoms with Crippen LogP contribution in [-0.2, 0) is 16.2 Å². The van der Waals surface area contributed by atoms with Gasteiger partial charge in [-0.2, -0.15) is 17.5 Å². The number of aldehydes is 1. The van der Waals surface area contributed by atoms with E-state index in [9.17, 15) is 26.4 Å². The zero-order valence-electron chi connectivity index (χ0n) is 15.2. The first-order valence-electron chi connectivity index (χ1n) is 9.01. The molecular weight excluding hydrogens is 405 g/mol. The summed E-state index contributed by atoms with van der Waals surface area (Å²) in [4.78, 5) is 14.7. The van der Waals surface area contributed by atoms with E-state index in [4.69, 9.17) is 0 Å². The third-order valence-electron chi connectivity index (χ3n) is 5.13. The Morgan fingerprint density at radius 1 is 1.03 bits per heavy atom. The van der Waals surface area contributed by atoms with E-state index < -0.39 is 21.8 Å². The van der Waals surface area contributed by atoms with E-state index in [1.807, 2.05) is 0 Å². The number of aromatic nitrogens is 1. The monoisotopic (exact) mass is 422 g/mol. The maximum atomic E-state index is 13.4. The van der Waals surface area contributed by atoms with Crippen molar-refractivity contribution in [3.63, 3.8) is 0 Å². The van der Waals surface area contributed by atoms with Crippen LogP contribution in [0, 0.1) is 0 Å². The van der Waals surface area contributed by atoms with Gasteiger partial charge in [0.25, 0.3) is 0 Å². The molecule has 1 saturated heterocycles. The molecule has 0 unspecified atom stereocenters. The average molecular weight is 422 g/mol. The molecule has 1 N–H and O–H groups in total. The van der Waals surface area contributed by atoms with Crippen LogP contribution in [0.3, 0.4) is 0 Å². The van der Waals surface area contributed by atoms with Gasteiger partial charge in [-0.15, -0.1) is 0 Å². The van der Waals surface area contributed by atoms with Crippen LogP contribution in [0.25, 0.3) is 22.2 Å². The lowest BCUT2D eigenvalue weighted by atomic mass is 10.0. The van der Waals surface area contributed by atoms with Crippen LogP contribution in [0.4, 0.5) is 13.2 Å². The first kappa shape index (κ1) is 19.7. The number of alkyl halides is 3. The number of nitrogens with one attached hydrogen (secondary N) is 1. The summed E-state index contributed by atoms with van der Waals surface area (Å²) >= 11 is 0. The summed E-state index contributed by atoms with van der Waals surface area (Å²) in [5.74, 6) is 0. The van der Waals surface area contributed by atoms with Gasteiger partial charge in [0.2, 0.25) is 10.0 Å². The Morgan fingerprint density at radius 2 is 1.72 bits per heavy atom. The lowest BCUT2D eigenvalue weighted by molar-refractivity contribution is -0.137. The van der Waals surface area contributed by atoms with Crippen molar-refractivity contribution in [2.24, 2.45) is 0 Å². The number of rotatable bonds is 4. The molecule has 0 amide bonds. The molecule has 0 saturated carbocycles. The second-order valence-electron chi connectivity index (χ2n) is 6.89. The smallest absolute Gasteiger partial charge is 0.354 e. The van der Waals surface area contributed by atoms with E-state index >= 15 is 0 Å². The molecule has 2 heterocycles. The summed E-state index contributed by atoms with van der Waals surface area (Å²) in [5.41, 5.74) is -0.643. The molecule has 29 heavy (non-hydrogen) atoms. The lowest BCUT2D eigenvalue weighted by Crippen LogP contribution is -2.27. The molecule has 0 spiro atoms.